The number of hydrogen-bond acceptors (Lipinski definition) is 4. The van der Waals surface area contributed by atoms with Gasteiger partial charge in [0.1, 0.15) is 5.75 Å². The Morgan fingerprint density at radius 2 is 2.16 bits per heavy atom. The second-order valence-corrected chi connectivity index (χ2v) is 4.13. The smallest absolute Gasteiger partial charge is 0.277 e. The predicted molar refractivity (Wildman–Crippen MR) is 71.7 cm³/mol. The molecule has 102 valence electrons. The SMILES string of the molecule is CC(CC(N)=O)=NNC(=O)COc1cccc(C)c1. The lowest BCUT2D eigenvalue weighted by atomic mass is 10.2. The lowest BCUT2D eigenvalue weighted by Gasteiger charge is -2.06. The van der Waals surface area contributed by atoms with E-state index >= 15 is 0 Å². The zero-order valence-electron chi connectivity index (χ0n) is 11.0. The van der Waals surface area contributed by atoms with Crippen molar-refractivity contribution in [3.05, 3.63) is 29.8 Å². The van der Waals surface area contributed by atoms with Gasteiger partial charge in [-0.3, -0.25) is 9.59 Å². The van der Waals surface area contributed by atoms with Gasteiger partial charge in [-0.1, -0.05) is 12.1 Å². The van der Waals surface area contributed by atoms with Crippen molar-refractivity contribution in [1.82, 2.24) is 5.43 Å². The number of nitrogens with two attached hydrogens (primary N) is 1. The highest BCUT2D eigenvalue weighted by Crippen LogP contribution is 2.11. The summed E-state index contributed by atoms with van der Waals surface area (Å²) in [7, 11) is 0. The Bertz CT molecular complexity index is 498. The van der Waals surface area contributed by atoms with Crippen LogP contribution >= 0.6 is 0 Å². The number of carbonyl (C=O) groups is 2. The van der Waals surface area contributed by atoms with Crippen molar-refractivity contribution in [1.29, 1.82) is 0 Å². The molecule has 0 heterocycles. The Balaban J connectivity index is 2.38. The fraction of sp³-hybridized carbons (Fsp3) is 0.308. The monoisotopic (exact) mass is 263 g/mol. The van der Waals surface area contributed by atoms with Crippen LogP contribution in [0, 0.1) is 6.92 Å². The Morgan fingerprint density at radius 1 is 1.42 bits per heavy atom. The van der Waals surface area contributed by atoms with Crippen molar-refractivity contribution in [2.24, 2.45) is 10.8 Å². The van der Waals surface area contributed by atoms with Crippen LogP contribution in [0.25, 0.3) is 0 Å². The number of rotatable bonds is 6. The van der Waals surface area contributed by atoms with Crippen LogP contribution in [0.4, 0.5) is 0 Å². The molecule has 0 fully saturated rings. The molecule has 3 N–H and O–H groups in total. The maximum atomic E-state index is 11.4. The van der Waals surface area contributed by atoms with Crippen molar-refractivity contribution in [2.75, 3.05) is 6.61 Å². The van der Waals surface area contributed by atoms with Crippen molar-refractivity contribution >= 4 is 17.5 Å². The predicted octanol–water partition coefficient (Wildman–Crippen LogP) is 0.741. The molecule has 1 rings (SSSR count). The van der Waals surface area contributed by atoms with Gasteiger partial charge in [-0.15, -0.1) is 0 Å². The second kappa shape index (κ2) is 7.15. The van der Waals surface area contributed by atoms with Gasteiger partial charge in [0, 0.05) is 5.71 Å². The molecule has 1 aromatic carbocycles. The van der Waals surface area contributed by atoms with Crippen molar-refractivity contribution in [3.63, 3.8) is 0 Å². The minimum absolute atomic E-state index is 0.0129. The molecule has 0 atom stereocenters. The van der Waals surface area contributed by atoms with Gasteiger partial charge < -0.3 is 10.5 Å². The molecule has 1 aromatic rings. The molecule has 6 nitrogen and oxygen atoms in total. The normalized spacial score (nSPS) is 10.9. The first-order valence-electron chi connectivity index (χ1n) is 5.77. The molecule has 19 heavy (non-hydrogen) atoms. The molecule has 0 saturated heterocycles. The van der Waals surface area contributed by atoms with Gasteiger partial charge in [-0.25, -0.2) is 5.43 Å². The minimum Gasteiger partial charge on any atom is -0.484 e. The lowest BCUT2D eigenvalue weighted by molar-refractivity contribution is -0.123. The average molecular weight is 263 g/mol. The maximum absolute atomic E-state index is 11.4. The van der Waals surface area contributed by atoms with E-state index in [1.54, 1.807) is 13.0 Å². The molecule has 2 amide bonds. The Morgan fingerprint density at radius 3 is 2.79 bits per heavy atom. The van der Waals surface area contributed by atoms with Crippen molar-refractivity contribution < 1.29 is 14.3 Å². The fourth-order valence-electron chi connectivity index (χ4n) is 1.34. The summed E-state index contributed by atoms with van der Waals surface area (Å²) in [5.74, 6) is -0.273. The number of amides is 2. The number of nitrogens with one attached hydrogen (secondary N) is 1. The van der Waals surface area contributed by atoms with Crippen LogP contribution in [0.5, 0.6) is 5.75 Å². The summed E-state index contributed by atoms with van der Waals surface area (Å²) in [4.78, 5) is 22.0. The molecule has 0 radical (unpaired) electrons. The third-order valence-corrected chi connectivity index (χ3v) is 2.16. The Kier molecular flexibility index (Phi) is 5.53. The number of hydrogen-bond donors (Lipinski definition) is 2. The van der Waals surface area contributed by atoms with E-state index < -0.39 is 11.8 Å². The molecule has 6 heteroatoms. The standard InChI is InChI=1S/C13H17N3O3/c1-9-4-3-5-11(6-9)19-8-13(18)16-15-10(2)7-12(14)17/h3-6H,7-8H2,1-2H3,(H2,14,17)(H,16,18). The molecule has 0 spiro atoms. The number of primary amides is 1. The summed E-state index contributed by atoms with van der Waals surface area (Å²) in [6.45, 7) is 3.40. The Hall–Kier alpha value is -2.37. The van der Waals surface area contributed by atoms with Gasteiger partial charge in [0.2, 0.25) is 5.91 Å². The van der Waals surface area contributed by atoms with Crippen LogP contribution in [0.1, 0.15) is 18.9 Å². The quantitative estimate of drug-likeness (QED) is 0.585. The number of nitrogens with zero attached hydrogens (tertiary/aromatic N) is 1. The van der Waals surface area contributed by atoms with E-state index in [-0.39, 0.29) is 13.0 Å². The molecule has 0 unspecified atom stereocenters. The third kappa shape index (κ3) is 6.21. The molecule has 0 aliphatic heterocycles. The number of ether oxygens (including phenoxy) is 1. The van der Waals surface area contributed by atoms with E-state index in [0.29, 0.717) is 11.5 Å². The van der Waals surface area contributed by atoms with Crippen LogP contribution in [0.2, 0.25) is 0 Å². The van der Waals surface area contributed by atoms with E-state index in [2.05, 4.69) is 10.5 Å². The highest BCUT2D eigenvalue weighted by Gasteiger charge is 2.03. The minimum atomic E-state index is -0.494. The molecule has 0 saturated carbocycles. The first-order valence-corrected chi connectivity index (χ1v) is 5.77. The zero-order valence-corrected chi connectivity index (χ0v) is 11.0. The third-order valence-electron chi connectivity index (χ3n) is 2.16. The van der Waals surface area contributed by atoms with Crippen LogP contribution in [0.15, 0.2) is 29.4 Å². The zero-order chi connectivity index (χ0) is 14.3. The molecule has 0 aromatic heterocycles. The molecular formula is C13H17N3O3. The molecule has 0 bridgehead atoms. The van der Waals surface area contributed by atoms with E-state index in [9.17, 15) is 9.59 Å². The summed E-state index contributed by atoms with van der Waals surface area (Å²) in [6.07, 6.45) is 0.0129. The first-order chi connectivity index (χ1) is 8.97. The number of carbonyl (C=O) groups excluding carboxylic acids is 2. The van der Waals surface area contributed by atoms with Gasteiger partial charge in [0.05, 0.1) is 6.42 Å². The van der Waals surface area contributed by atoms with Crippen molar-refractivity contribution in [2.45, 2.75) is 20.3 Å². The number of aryl methyl sites for hydroxylation is 1. The average Bonchev–Trinajstić information content (AvgIpc) is 2.33. The highest BCUT2D eigenvalue weighted by molar-refractivity contribution is 5.99. The first kappa shape index (κ1) is 14.7. The van der Waals surface area contributed by atoms with Gasteiger partial charge in [-0.2, -0.15) is 5.10 Å². The van der Waals surface area contributed by atoms with E-state index in [0.717, 1.165) is 5.56 Å². The summed E-state index contributed by atoms with van der Waals surface area (Å²) < 4.78 is 5.29. The summed E-state index contributed by atoms with van der Waals surface area (Å²) >= 11 is 0. The summed E-state index contributed by atoms with van der Waals surface area (Å²) in [5, 5.41) is 3.73. The summed E-state index contributed by atoms with van der Waals surface area (Å²) in [6, 6.07) is 7.37. The molecule has 0 aliphatic rings. The van der Waals surface area contributed by atoms with E-state index in [1.165, 1.54) is 0 Å². The van der Waals surface area contributed by atoms with Crippen LogP contribution in [-0.4, -0.2) is 24.1 Å². The second-order valence-electron chi connectivity index (χ2n) is 4.13. The van der Waals surface area contributed by atoms with Gasteiger partial charge in [0.15, 0.2) is 6.61 Å². The van der Waals surface area contributed by atoms with E-state index in [1.807, 2.05) is 25.1 Å². The highest BCUT2D eigenvalue weighted by atomic mass is 16.5. The largest absolute Gasteiger partial charge is 0.484 e. The van der Waals surface area contributed by atoms with Gasteiger partial charge >= 0.3 is 0 Å². The fourth-order valence-corrected chi connectivity index (χ4v) is 1.34. The van der Waals surface area contributed by atoms with Crippen LogP contribution in [0.3, 0.4) is 0 Å². The van der Waals surface area contributed by atoms with Crippen LogP contribution < -0.4 is 15.9 Å². The van der Waals surface area contributed by atoms with Gasteiger partial charge in [-0.05, 0) is 31.5 Å². The summed E-state index contributed by atoms with van der Waals surface area (Å²) in [5.41, 5.74) is 8.77. The lowest BCUT2D eigenvalue weighted by Crippen LogP contribution is -2.26. The molecular weight excluding hydrogens is 246 g/mol. The topological polar surface area (TPSA) is 93.8 Å². The van der Waals surface area contributed by atoms with Crippen molar-refractivity contribution in [3.8, 4) is 5.75 Å². The van der Waals surface area contributed by atoms with E-state index in [4.69, 9.17) is 10.5 Å². The Labute approximate surface area is 111 Å². The number of benzene rings is 1. The van der Waals surface area contributed by atoms with Crippen LogP contribution in [-0.2, 0) is 9.59 Å². The number of hydrazone groups is 1. The maximum Gasteiger partial charge on any atom is 0.277 e. The van der Waals surface area contributed by atoms with Gasteiger partial charge in [0.25, 0.3) is 5.91 Å². The molecule has 0 aliphatic carbocycles.